The monoisotopic (exact) mass is 561 g/mol. The lowest BCUT2D eigenvalue weighted by Gasteiger charge is -2.38. The van der Waals surface area contributed by atoms with Crippen molar-refractivity contribution in [3.8, 4) is 0 Å². The molecule has 0 bridgehead atoms. The van der Waals surface area contributed by atoms with Crippen LogP contribution in [0.25, 0.3) is 0 Å². The number of rotatable bonds is 9. The molecule has 41 heavy (non-hydrogen) atoms. The number of nitrogens with one attached hydrogen (secondary N) is 2. The molecule has 0 radical (unpaired) electrons. The number of likely N-dealkylation sites (tertiary alicyclic amines) is 1. The molecule has 3 aromatic rings. The minimum atomic E-state index is -0.274. The Morgan fingerprint density at radius 1 is 1.12 bits per heavy atom. The number of aryl methyl sites for hydroxylation is 2. The molecule has 9 heteroatoms. The molecule has 1 aromatic heterocycles. The maximum absolute atomic E-state index is 14.1. The number of likely N-dealkylation sites (N-methyl/N-ethyl adjacent to an activating group) is 1. The van der Waals surface area contributed by atoms with Gasteiger partial charge in [-0.05, 0) is 87.6 Å². The second-order valence-electron chi connectivity index (χ2n) is 11.3. The third-order valence-corrected chi connectivity index (χ3v) is 8.32. The highest BCUT2D eigenvalue weighted by Gasteiger charge is 2.39. The van der Waals surface area contributed by atoms with E-state index < -0.39 is 0 Å². The molecule has 1 aliphatic rings. The number of aromatic amines is 1. The Bertz CT molecular complexity index is 1470. The highest BCUT2D eigenvalue weighted by atomic mass is 19.1. The van der Waals surface area contributed by atoms with E-state index >= 15 is 0 Å². The van der Waals surface area contributed by atoms with Gasteiger partial charge in [-0.2, -0.15) is 5.10 Å². The standard InChI is InChI=1S/C32H40FN5O3/c1-19-14-26(11-10-24(19)16-27-15-20(2)35-36-32(27)41)31(40)34-21(3)18-38-29(22(4)37(6)23(5)39)12-13-30(38)25-8-7-9-28(33)17-25/h7-11,14-15,17,21-22,29-30H,12-13,16,18H2,1-6H3,(H,34,40)(H,36,41)/t21-,22+,29?,30+/m1/s1. The number of hydrogen-bond acceptors (Lipinski definition) is 5. The average Bonchev–Trinajstić information content (AvgIpc) is 3.33. The number of carbonyl (C=O) groups excluding carboxylic acids is 2. The van der Waals surface area contributed by atoms with Crippen molar-refractivity contribution in [2.75, 3.05) is 13.6 Å². The van der Waals surface area contributed by atoms with Crippen molar-refractivity contribution in [3.63, 3.8) is 0 Å². The summed E-state index contributed by atoms with van der Waals surface area (Å²) >= 11 is 0. The molecule has 0 saturated carbocycles. The number of carbonyl (C=O) groups is 2. The summed E-state index contributed by atoms with van der Waals surface area (Å²) in [6, 6.07) is 13.8. The second kappa shape index (κ2) is 12.8. The number of aromatic nitrogens is 2. The van der Waals surface area contributed by atoms with Crippen molar-refractivity contribution in [3.05, 3.63) is 98.2 Å². The summed E-state index contributed by atoms with van der Waals surface area (Å²) in [5.41, 5.74) is 4.48. The van der Waals surface area contributed by atoms with Gasteiger partial charge in [0.25, 0.3) is 11.5 Å². The summed E-state index contributed by atoms with van der Waals surface area (Å²) < 4.78 is 14.1. The molecule has 8 nitrogen and oxygen atoms in total. The van der Waals surface area contributed by atoms with Gasteiger partial charge in [-0.25, -0.2) is 9.49 Å². The van der Waals surface area contributed by atoms with Gasteiger partial charge in [-0.3, -0.25) is 19.3 Å². The molecule has 1 aliphatic heterocycles. The Kier molecular flexibility index (Phi) is 9.38. The highest BCUT2D eigenvalue weighted by molar-refractivity contribution is 5.94. The van der Waals surface area contributed by atoms with Crippen LogP contribution in [0.2, 0.25) is 0 Å². The molecule has 2 amide bonds. The van der Waals surface area contributed by atoms with E-state index in [1.54, 1.807) is 36.1 Å². The molecule has 1 fully saturated rings. The van der Waals surface area contributed by atoms with E-state index in [2.05, 4.69) is 20.4 Å². The zero-order chi connectivity index (χ0) is 29.8. The molecule has 2 heterocycles. The normalized spacial score (nSPS) is 18.6. The first-order chi connectivity index (χ1) is 19.4. The molecule has 0 spiro atoms. The summed E-state index contributed by atoms with van der Waals surface area (Å²) in [5, 5.41) is 9.58. The maximum atomic E-state index is 14.1. The molecule has 1 saturated heterocycles. The Balaban J connectivity index is 1.49. The van der Waals surface area contributed by atoms with E-state index in [-0.39, 0.29) is 47.4 Å². The number of benzene rings is 2. The molecule has 2 aromatic carbocycles. The molecule has 4 atom stereocenters. The largest absolute Gasteiger partial charge is 0.348 e. The number of amides is 2. The number of hydrogen-bond donors (Lipinski definition) is 2. The van der Waals surface area contributed by atoms with Crippen LogP contribution in [0.5, 0.6) is 0 Å². The van der Waals surface area contributed by atoms with Crippen molar-refractivity contribution in [2.45, 2.75) is 78.0 Å². The fraction of sp³-hybridized carbons (Fsp3) is 0.438. The van der Waals surface area contributed by atoms with Crippen LogP contribution in [0.15, 0.2) is 53.3 Å². The highest BCUT2D eigenvalue weighted by Crippen LogP contribution is 2.38. The van der Waals surface area contributed by atoms with Crippen LogP contribution in [0, 0.1) is 19.7 Å². The zero-order valence-corrected chi connectivity index (χ0v) is 24.7. The number of H-pyrrole nitrogens is 1. The van der Waals surface area contributed by atoms with E-state index in [0.29, 0.717) is 24.1 Å². The van der Waals surface area contributed by atoms with Gasteiger partial charge in [-0.15, -0.1) is 0 Å². The van der Waals surface area contributed by atoms with E-state index in [0.717, 1.165) is 35.2 Å². The van der Waals surface area contributed by atoms with Crippen LogP contribution in [0.1, 0.15) is 78.0 Å². The Labute approximate surface area is 241 Å². The summed E-state index contributed by atoms with van der Waals surface area (Å²) in [6.45, 7) is 9.88. The van der Waals surface area contributed by atoms with E-state index in [4.69, 9.17) is 0 Å². The van der Waals surface area contributed by atoms with Gasteiger partial charge in [0, 0.05) is 62.2 Å². The summed E-state index contributed by atoms with van der Waals surface area (Å²) in [4.78, 5) is 41.6. The van der Waals surface area contributed by atoms with Crippen molar-refractivity contribution in [2.24, 2.45) is 0 Å². The first kappa shape index (κ1) is 30.1. The van der Waals surface area contributed by atoms with Crippen molar-refractivity contribution in [1.29, 1.82) is 0 Å². The van der Waals surface area contributed by atoms with Crippen molar-refractivity contribution in [1.82, 2.24) is 25.3 Å². The minimum Gasteiger partial charge on any atom is -0.348 e. The predicted octanol–water partition coefficient (Wildman–Crippen LogP) is 4.31. The predicted molar refractivity (Wildman–Crippen MR) is 157 cm³/mol. The Hall–Kier alpha value is -3.85. The summed E-state index contributed by atoms with van der Waals surface area (Å²) in [7, 11) is 1.81. The first-order valence-electron chi connectivity index (χ1n) is 14.1. The molecule has 4 rings (SSSR count). The van der Waals surface area contributed by atoms with Gasteiger partial charge in [0.2, 0.25) is 5.91 Å². The lowest BCUT2D eigenvalue weighted by molar-refractivity contribution is -0.130. The van der Waals surface area contributed by atoms with Crippen molar-refractivity contribution >= 4 is 11.8 Å². The van der Waals surface area contributed by atoms with Gasteiger partial charge in [0.15, 0.2) is 0 Å². The van der Waals surface area contributed by atoms with E-state index in [1.165, 1.54) is 6.07 Å². The fourth-order valence-electron chi connectivity index (χ4n) is 5.89. The lowest BCUT2D eigenvalue weighted by atomic mass is 9.99. The average molecular weight is 562 g/mol. The van der Waals surface area contributed by atoms with Gasteiger partial charge in [0.05, 0.1) is 5.69 Å². The Morgan fingerprint density at radius 3 is 2.56 bits per heavy atom. The molecular formula is C32H40FN5O3. The Morgan fingerprint density at radius 2 is 1.88 bits per heavy atom. The first-order valence-corrected chi connectivity index (χ1v) is 14.1. The van der Waals surface area contributed by atoms with Crippen LogP contribution in [0.3, 0.4) is 0 Å². The van der Waals surface area contributed by atoms with Crippen LogP contribution >= 0.6 is 0 Å². The van der Waals surface area contributed by atoms with E-state index in [1.807, 2.05) is 52.9 Å². The van der Waals surface area contributed by atoms with Gasteiger partial charge in [0.1, 0.15) is 5.82 Å². The van der Waals surface area contributed by atoms with Crippen molar-refractivity contribution < 1.29 is 14.0 Å². The summed E-state index contributed by atoms with van der Waals surface area (Å²) in [5.74, 6) is -0.462. The SMILES string of the molecule is CC(=O)N(C)[C@@H](C)C1CC[C@@H](c2cccc(F)c2)N1C[C@@H](C)NC(=O)c1ccc(Cc2cc(C)n[nH]c2=O)c(C)c1. The molecular weight excluding hydrogens is 521 g/mol. The van der Waals surface area contributed by atoms with Gasteiger partial charge >= 0.3 is 0 Å². The van der Waals surface area contributed by atoms with Crippen LogP contribution in [-0.4, -0.2) is 63.5 Å². The van der Waals surface area contributed by atoms with Crippen LogP contribution in [0.4, 0.5) is 4.39 Å². The second-order valence-corrected chi connectivity index (χ2v) is 11.3. The topological polar surface area (TPSA) is 98.4 Å². The third kappa shape index (κ3) is 7.08. The van der Waals surface area contributed by atoms with Crippen LogP contribution in [-0.2, 0) is 11.2 Å². The molecule has 218 valence electrons. The minimum absolute atomic E-state index is 0.00417. The van der Waals surface area contributed by atoms with Crippen LogP contribution < -0.4 is 10.9 Å². The quantitative estimate of drug-likeness (QED) is 0.406. The van der Waals surface area contributed by atoms with Gasteiger partial charge < -0.3 is 10.2 Å². The number of nitrogens with zero attached hydrogens (tertiary/aromatic N) is 3. The molecule has 1 unspecified atom stereocenters. The smallest absolute Gasteiger partial charge is 0.267 e. The van der Waals surface area contributed by atoms with Gasteiger partial charge in [-0.1, -0.05) is 18.2 Å². The molecule has 2 N–H and O–H groups in total. The molecule has 0 aliphatic carbocycles. The fourth-order valence-corrected chi connectivity index (χ4v) is 5.89. The lowest BCUT2D eigenvalue weighted by Crippen LogP contribution is -2.51. The number of halogens is 1. The maximum Gasteiger partial charge on any atom is 0.267 e. The summed E-state index contributed by atoms with van der Waals surface area (Å²) in [6.07, 6.45) is 2.15. The van der Waals surface area contributed by atoms with E-state index in [9.17, 15) is 18.8 Å². The third-order valence-electron chi connectivity index (χ3n) is 8.32. The zero-order valence-electron chi connectivity index (χ0n) is 24.7.